The van der Waals surface area contributed by atoms with Gasteiger partial charge in [-0.2, -0.15) is 0 Å². The van der Waals surface area contributed by atoms with E-state index >= 15 is 0 Å². The van der Waals surface area contributed by atoms with E-state index in [4.69, 9.17) is 4.42 Å². The van der Waals surface area contributed by atoms with E-state index < -0.39 is 6.04 Å². The SMILES string of the molecule is Cc1ccccc1NC(=O)N1CCC[C@@H]1C(=O)NCc1ccco1. The average molecular weight is 327 g/mol. The Balaban J connectivity index is 1.61. The smallest absolute Gasteiger partial charge is 0.322 e. The number of nitrogens with one attached hydrogen (secondary N) is 2. The summed E-state index contributed by atoms with van der Waals surface area (Å²) in [7, 11) is 0. The summed E-state index contributed by atoms with van der Waals surface area (Å²) >= 11 is 0. The number of para-hydroxylation sites is 1. The Kier molecular flexibility index (Phi) is 4.84. The van der Waals surface area contributed by atoms with Crippen LogP contribution < -0.4 is 10.6 Å². The van der Waals surface area contributed by atoms with Gasteiger partial charge in [-0.1, -0.05) is 18.2 Å². The van der Waals surface area contributed by atoms with Gasteiger partial charge in [-0.25, -0.2) is 4.79 Å². The van der Waals surface area contributed by atoms with Crippen molar-refractivity contribution in [1.29, 1.82) is 0 Å². The second kappa shape index (κ2) is 7.21. The Morgan fingerprint density at radius 2 is 2.08 bits per heavy atom. The van der Waals surface area contributed by atoms with Gasteiger partial charge in [0.05, 0.1) is 12.8 Å². The van der Waals surface area contributed by atoms with E-state index in [0.29, 0.717) is 25.3 Å². The van der Waals surface area contributed by atoms with Gasteiger partial charge >= 0.3 is 6.03 Å². The third-order valence-corrected chi connectivity index (χ3v) is 4.22. The molecule has 2 aromatic rings. The lowest BCUT2D eigenvalue weighted by Gasteiger charge is -2.24. The number of anilines is 1. The van der Waals surface area contributed by atoms with Gasteiger partial charge in [0.25, 0.3) is 0 Å². The van der Waals surface area contributed by atoms with E-state index in [2.05, 4.69) is 10.6 Å². The van der Waals surface area contributed by atoms with Gasteiger partial charge in [0.1, 0.15) is 11.8 Å². The highest BCUT2D eigenvalue weighted by Gasteiger charge is 2.34. The molecule has 1 aliphatic rings. The number of aryl methyl sites for hydroxylation is 1. The fourth-order valence-electron chi connectivity index (χ4n) is 2.89. The van der Waals surface area contributed by atoms with E-state index in [1.807, 2.05) is 31.2 Å². The van der Waals surface area contributed by atoms with Crippen LogP contribution in [0.3, 0.4) is 0 Å². The zero-order chi connectivity index (χ0) is 16.9. The molecule has 1 atom stereocenters. The number of carbonyl (C=O) groups excluding carboxylic acids is 2. The van der Waals surface area contributed by atoms with Crippen molar-refractivity contribution in [2.75, 3.05) is 11.9 Å². The van der Waals surface area contributed by atoms with Crippen LogP contribution in [0.1, 0.15) is 24.2 Å². The fraction of sp³-hybridized carbons (Fsp3) is 0.333. The number of nitrogens with zero attached hydrogens (tertiary/aromatic N) is 1. The number of benzene rings is 1. The number of hydrogen-bond acceptors (Lipinski definition) is 3. The maximum absolute atomic E-state index is 12.5. The van der Waals surface area contributed by atoms with Crippen LogP contribution in [0, 0.1) is 6.92 Å². The van der Waals surface area contributed by atoms with Crippen LogP contribution in [0.4, 0.5) is 10.5 Å². The van der Waals surface area contributed by atoms with Crippen LogP contribution >= 0.6 is 0 Å². The zero-order valence-corrected chi connectivity index (χ0v) is 13.6. The minimum absolute atomic E-state index is 0.149. The molecule has 1 fully saturated rings. The highest BCUT2D eigenvalue weighted by molar-refractivity contribution is 5.94. The number of furan rings is 1. The van der Waals surface area contributed by atoms with Gasteiger partial charge in [0, 0.05) is 12.2 Å². The minimum atomic E-state index is -0.441. The van der Waals surface area contributed by atoms with Crippen LogP contribution in [0.15, 0.2) is 47.1 Å². The molecular weight excluding hydrogens is 306 g/mol. The first-order chi connectivity index (χ1) is 11.6. The molecule has 0 bridgehead atoms. The Bertz CT molecular complexity index is 712. The summed E-state index contributed by atoms with van der Waals surface area (Å²) in [5, 5.41) is 5.73. The third-order valence-electron chi connectivity index (χ3n) is 4.22. The Morgan fingerprint density at radius 1 is 1.25 bits per heavy atom. The summed E-state index contributed by atoms with van der Waals surface area (Å²) in [5.74, 6) is 0.543. The molecule has 6 heteroatoms. The minimum Gasteiger partial charge on any atom is -0.467 e. The average Bonchev–Trinajstić information content (AvgIpc) is 3.26. The van der Waals surface area contributed by atoms with E-state index in [1.54, 1.807) is 23.3 Å². The normalized spacial score (nSPS) is 16.9. The molecule has 0 saturated carbocycles. The summed E-state index contributed by atoms with van der Waals surface area (Å²) in [5.41, 5.74) is 1.76. The van der Waals surface area contributed by atoms with Crippen molar-refractivity contribution in [2.45, 2.75) is 32.4 Å². The van der Waals surface area contributed by atoms with E-state index in [-0.39, 0.29) is 11.9 Å². The molecular formula is C18H21N3O3. The zero-order valence-electron chi connectivity index (χ0n) is 13.6. The van der Waals surface area contributed by atoms with Gasteiger partial charge in [-0.3, -0.25) is 4.79 Å². The molecule has 24 heavy (non-hydrogen) atoms. The maximum atomic E-state index is 12.5. The molecule has 2 heterocycles. The van der Waals surface area contributed by atoms with Crippen LogP contribution in [0.25, 0.3) is 0 Å². The van der Waals surface area contributed by atoms with Crippen LogP contribution in [0.5, 0.6) is 0 Å². The second-order valence-electron chi connectivity index (χ2n) is 5.89. The molecule has 3 rings (SSSR count). The molecule has 1 aromatic heterocycles. The molecule has 1 aliphatic heterocycles. The summed E-state index contributed by atoms with van der Waals surface area (Å²) in [6.07, 6.45) is 3.06. The van der Waals surface area contributed by atoms with Crippen molar-refractivity contribution in [3.8, 4) is 0 Å². The van der Waals surface area contributed by atoms with Gasteiger partial charge < -0.3 is 20.0 Å². The maximum Gasteiger partial charge on any atom is 0.322 e. The third kappa shape index (κ3) is 3.59. The Hall–Kier alpha value is -2.76. The molecule has 0 unspecified atom stereocenters. The molecule has 0 radical (unpaired) electrons. The molecule has 126 valence electrons. The monoisotopic (exact) mass is 327 g/mol. The highest BCUT2D eigenvalue weighted by Crippen LogP contribution is 2.20. The van der Waals surface area contributed by atoms with Gasteiger partial charge in [-0.05, 0) is 43.5 Å². The molecule has 6 nitrogen and oxygen atoms in total. The molecule has 0 spiro atoms. The van der Waals surface area contributed by atoms with Gasteiger partial charge in [0.15, 0.2) is 0 Å². The van der Waals surface area contributed by atoms with Crippen LogP contribution in [-0.2, 0) is 11.3 Å². The number of likely N-dealkylation sites (tertiary alicyclic amines) is 1. The summed E-state index contributed by atoms with van der Waals surface area (Å²) in [6, 6.07) is 10.5. The van der Waals surface area contributed by atoms with Crippen molar-refractivity contribution in [1.82, 2.24) is 10.2 Å². The van der Waals surface area contributed by atoms with Crippen molar-refractivity contribution in [2.24, 2.45) is 0 Å². The lowest BCUT2D eigenvalue weighted by Crippen LogP contribution is -2.47. The van der Waals surface area contributed by atoms with Crippen molar-refractivity contribution in [3.63, 3.8) is 0 Å². The molecule has 1 saturated heterocycles. The first-order valence-corrected chi connectivity index (χ1v) is 8.08. The fourth-order valence-corrected chi connectivity index (χ4v) is 2.89. The van der Waals surface area contributed by atoms with Crippen molar-refractivity contribution < 1.29 is 14.0 Å². The van der Waals surface area contributed by atoms with Gasteiger partial charge in [-0.15, -0.1) is 0 Å². The van der Waals surface area contributed by atoms with Crippen LogP contribution in [0.2, 0.25) is 0 Å². The van der Waals surface area contributed by atoms with Crippen LogP contribution in [-0.4, -0.2) is 29.4 Å². The topological polar surface area (TPSA) is 74.6 Å². The summed E-state index contributed by atoms with van der Waals surface area (Å²) in [6.45, 7) is 2.85. The lowest BCUT2D eigenvalue weighted by atomic mass is 10.2. The number of urea groups is 1. The Labute approximate surface area is 140 Å². The van der Waals surface area contributed by atoms with Crippen molar-refractivity contribution >= 4 is 17.6 Å². The first-order valence-electron chi connectivity index (χ1n) is 8.08. The van der Waals surface area contributed by atoms with E-state index in [1.165, 1.54) is 0 Å². The number of amides is 3. The molecule has 3 amide bonds. The lowest BCUT2D eigenvalue weighted by molar-refractivity contribution is -0.124. The van der Waals surface area contributed by atoms with Crippen molar-refractivity contribution in [3.05, 3.63) is 54.0 Å². The van der Waals surface area contributed by atoms with E-state index in [9.17, 15) is 9.59 Å². The van der Waals surface area contributed by atoms with E-state index in [0.717, 1.165) is 17.7 Å². The molecule has 1 aromatic carbocycles. The summed E-state index contributed by atoms with van der Waals surface area (Å²) < 4.78 is 5.21. The van der Waals surface area contributed by atoms with Gasteiger partial charge in [0.2, 0.25) is 5.91 Å². The quantitative estimate of drug-likeness (QED) is 0.907. The second-order valence-corrected chi connectivity index (χ2v) is 5.89. The predicted molar refractivity (Wildman–Crippen MR) is 90.5 cm³/mol. The molecule has 2 N–H and O–H groups in total. The Morgan fingerprint density at radius 3 is 2.83 bits per heavy atom. The number of rotatable bonds is 4. The largest absolute Gasteiger partial charge is 0.467 e. The number of carbonyl (C=O) groups is 2. The standard InChI is InChI=1S/C18H21N3O3/c1-13-6-2-3-8-15(13)20-18(23)21-10-4-9-16(21)17(22)19-12-14-7-5-11-24-14/h2-3,5-8,11,16H,4,9-10,12H2,1H3,(H,19,22)(H,20,23)/t16-/m1/s1. The first kappa shape index (κ1) is 16.1. The predicted octanol–water partition coefficient (Wildman–Crippen LogP) is 2.90. The summed E-state index contributed by atoms with van der Waals surface area (Å²) in [4.78, 5) is 26.5. The molecule has 0 aliphatic carbocycles. The number of hydrogen-bond donors (Lipinski definition) is 2. The highest BCUT2D eigenvalue weighted by atomic mass is 16.3.